The summed E-state index contributed by atoms with van der Waals surface area (Å²) in [6.45, 7) is 0. The van der Waals surface area contributed by atoms with Crippen molar-refractivity contribution in [3.05, 3.63) is 54.6 Å². The molecule has 4 heteroatoms. The molecule has 0 atom stereocenters. The summed E-state index contributed by atoms with van der Waals surface area (Å²) >= 11 is 0. The standard InChI is InChI=1S/C11H7FN.BrH.Zn/c12-11-8-13-7-6-10(11)9-4-2-1-3-5-9;;/h1-6,8H;1H;/q-1;;+2/p-1. The molecule has 0 amide bonds. The van der Waals surface area contributed by atoms with Gasteiger partial charge in [-0.15, -0.1) is 6.07 Å². The van der Waals surface area contributed by atoms with Crippen molar-refractivity contribution in [3.8, 4) is 11.1 Å². The van der Waals surface area contributed by atoms with Crippen LogP contribution in [0.3, 0.4) is 0 Å². The number of hydrogen-bond donors (Lipinski definition) is 0. The summed E-state index contributed by atoms with van der Waals surface area (Å²) in [5.41, 5.74) is 1.38. The summed E-state index contributed by atoms with van der Waals surface area (Å²) in [5.74, 6) is -0.315. The first-order valence-corrected chi connectivity index (χ1v) is 3.95. The zero-order valence-electron chi connectivity index (χ0n) is 7.95. The fourth-order valence-corrected chi connectivity index (χ4v) is 1.17. The third kappa shape index (κ3) is 3.47. The molecule has 0 aliphatic rings. The SMILES string of the molecule is Fc1cn[c-]cc1-c1ccccc1.[Br-].[Zn+2]. The molecular formula is C11H7BrFNZn. The van der Waals surface area contributed by atoms with Gasteiger partial charge >= 0.3 is 19.5 Å². The molecule has 0 N–H and O–H groups in total. The van der Waals surface area contributed by atoms with E-state index in [4.69, 9.17) is 0 Å². The topological polar surface area (TPSA) is 12.9 Å². The van der Waals surface area contributed by atoms with Gasteiger partial charge in [0.05, 0.1) is 0 Å². The summed E-state index contributed by atoms with van der Waals surface area (Å²) in [6, 6.07) is 10.9. The largest absolute Gasteiger partial charge is 2.00 e. The van der Waals surface area contributed by atoms with Crippen molar-refractivity contribution < 1.29 is 40.8 Å². The van der Waals surface area contributed by atoms with Gasteiger partial charge in [-0.05, 0) is 0 Å². The normalized spacial score (nSPS) is 8.60. The summed E-state index contributed by atoms with van der Waals surface area (Å²) in [7, 11) is 0. The molecule has 1 aromatic heterocycles. The first-order valence-electron chi connectivity index (χ1n) is 3.95. The smallest absolute Gasteiger partial charge is 1.00 e. The fourth-order valence-electron chi connectivity index (χ4n) is 1.17. The van der Waals surface area contributed by atoms with Gasteiger partial charge in [-0.1, -0.05) is 53.9 Å². The average Bonchev–Trinajstić information content (AvgIpc) is 2.20. The van der Waals surface area contributed by atoms with Crippen molar-refractivity contribution in [2.45, 2.75) is 0 Å². The van der Waals surface area contributed by atoms with Gasteiger partial charge in [0.1, 0.15) is 0 Å². The molecule has 0 saturated heterocycles. The van der Waals surface area contributed by atoms with E-state index in [0.717, 1.165) is 5.56 Å². The molecule has 2 rings (SSSR count). The minimum absolute atomic E-state index is 0. The summed E-state index contributed by atoms with van der Waals surface area (Å²) in [6.07, 6.45) is 3.78. The summed E-state index contributed by atoms with van der Waals surface area (Å²) < 4.78 is 13.2. The van der Waals surface area contributed by atoms with E-state index in [1.165, 1.54) is 6.20 Å². The predicted molar refractivity (Wildman–Crippen MR) is 48.5 cm³/mol. The van der Waals surface area contributed by atoms with Crippen molar-refractivity contribution >= 4 is 0 Å². The maximum atomic E-state index is 13.2. The molecule has 0 bridgehead atoms. The molecule has 0 spiro atoms. The fraction of sp³-hybridized carbons (Fsp3) is 0. The van der Waals surface area contributed by atoms with Crippen molar-refractivity contribution in [1.29, 1.82) is 0 Å². The Morgan fingerprint density at radius 3 is 2.40 bits per heavy atom. The molecule has 1 nitrogen and oxygen atoms in total. The van der Waals surface area contributed by atoms with Crippen LogP contribution in [0.5, 0.6) is 0 Å². The predicted octanol–water partition coefficient (Wildman–Crippen LogP) is -0.311. The number of hydrogen-bond acceptors (Lipinski definition) is 1. The van der Waals surface area contributed by atoms with Crippen LogP contribution in [-0.2, 0) is 19.5 Å². The van der Waals surface area contributed by atoms with Crippen LogP contribution in [-0.4, -0.2) is 4.98 Å². The van der Waals surface area contributed by atoms with E-state index in [2.05, 4.69) is 11.2 Å². The third-order valence-corrected chi connectivity index (χ3v) is 1.80. The van der Waals surface area contributed by atoms with Gasteiger partial charge in [0.15, 0.2) is 0 Å². The van der Waals surface area contributed by atoms with Gasteiger partial charge in [-0.2, -0.15) is 0 Å². The van der Waals surface area contributed by atoms with Crippen LogP contribution in [0.4, 0.5) is 4.39 Å². The second-order valence-corrected chi connectivity index (χ2v) is 2.66. The zero-order valence-corrected chi connectivity index (χ0v) is 12.5. The average molecular weight is 317 g/mol. The summed E-state index contributed by atoms with van der Waals surface area (Å²) in [5, 5.41) is 0. The van der Waals surface area contributed by atoms with Crippen molar-refractivity contribution in [3.63, 3.8) is 0 Å². The van der Waals surface area contributed by atoms with E-state index < -0.39 is 0 Å². The first kappa shape index (κ1) is 14.4. The Morgan fingerprint density at radius 2 is 1.80 bits per heavy atom. The molecule has 1 aromatic carbocycles. The number of nitrogens with zero attached hydrogens (tertiary/aromatic N) is 1. The molecule has 1 heterocycles. The Balaban J connectivity index is 0.000000980. The van der Waals surface area contributed by atoms with Crippen LogP contribution in [0.25, 0.3) is 11.1 Å². The molecule has 0 unspecified atom stereocenters. The Kier molecular flexibility index (Phi) is 6.54. The molecule has 72 valence electrons. The molecule has 15 heavy (non-hydrogen) atoms. The van der Waals surface area contributed by atoms with Crippen LogP contribution >= 0.6 is 0 Å². The van der Waals surface area contributed by atoms with E-state index in [9.17, 15) is 4.39 Å². The van der Waals surface area contributed by atoms with Crippen molar-refractivity contribution in [2.75, 3.05) is 0 Å². The van der Waals surface area contributed by atoms with E-state index >= 15 is 0 Å². The van der Waals surface area contributed by atoms with E-state index in [0.29, 0.717) is 5.56 Å². The number of benzene rings is 1. The molecule has 0 aliphatic heterocycles. The number of rotatable bonds is 1. The number of pyridine rings is 1. The molecular weight excluding hydrogens is 310 g/mol. The maximum Gasteiger partial charge on any atom is 2.00 e. The summed E-state index contributed by atoms with van der Waals surface area (Å²) in [4.78, 5) is 3.57. The van der Waals surface area contributed by atoms with E-state index in [1.54, 1.807) is 6.07 Å². The molecule has 0 saturated carbocycles. The quantitative estimate of drug-likeness (QED) is 0.519. The van der Waals surface area contributed by atoms with Crippen molar-refractivity contribution in [2.24, 2.45) is 0 Å². The number of halogens is 2. The Hall–Kier alpha value is -0.597. The molecule has 0 fully saturated rings. The molecule has 0 aliphatic carbocycles. The Bertz CT molecular complexity index is 408. The van der Waals surface area contributed by atoms with Gasteiger partial charge in [-0.25, -0.2) is 4.39 Å². The van der Waals surface area contributed by atoms with Gasteiger partial charge in [0.2, 0.25) is 0 Å². The van der Waals surface area contributed by atoms with Crippen LogP contribution in [0, 0.1) is 12.0 Å². The van der Waals surface area contributed by atoms with Crippen molar-refractivity contribution in [1.82, 2.24) is 4.98 Å². The second kappa shape index (κ2) is 6.81. The zero-order chi connectivity index (χ0) is 9.10. The van der Waals surface area contributed by atoms with E-state index in [-0.39, 0.29) is 42.3 Å². The van der Waals surface area contributed by atoms with Crippen LogP contribution in [0.2, 0.25) is 0 Å². The Morgan fingerprint density at radius 1 is 1.13 bits per heavy atom. The van der Waals surface area contributed by atoms with Gasteiger partial charge < -0.3 is 22.0 Å². The number of aromatic nitrogens is 1. The minimum atomic E-state index is -0.315. The maximum absolute atomic E-state index is 13.2. The van der Waals surface area contributed by atoms with Crippen LogP contribution < -0.4 is 17.0 Å². The Labute approximate surface area is 111 Å². The molecule has 2 aromatic rings. The van der Waals surface area contributed by atoms with Crippen LogP contribution in [0.15, 0.2) is 42.6 Å². The monoisotopic (exact) mass is 315 g/mol. The third-order valence-electron chi connectivity index (χ3n) is 1.80. The van der Waals surface area contributed by atoms with E-state index in [1.807, 2.05) is 30.3 Å². The van der Waals surface area contributed by atoms with Gasteiger partial charge in [0, 0.05) is 5.82 Å². The van der Waals surface area contributed by atoms with Gasteiger partial charge in [-0.3, -0.25) is 0 Å². The van der Waals surface area contributed by atoms with Crippen LogP contribution in [0.1, 0.15) is 0 Å². The first-order chi connectivity index (χ1) is 6.38. The molecule has 0 radical (unpaired) electrons. The second-order valence-electron chi connectivity index (χ2n) is 2.66. The van der Waals surface area contributed by atoms with Gasteiger partial charge in [0.25, 0.3) is 0 Å². The minimum Gasteiger partial charge on any atom is -1.00 e.